The standard InChI is InChI=1S/C20H27N7O3.C18H25N7O3.C17H23N7O3.C16H21N7O3.4C2HF3O2/c1-4-5-10-27-15-16(23-20(27)25-12-8-21-9-13-25)22-19(24(2)17(15)28)26-11-6-7-14(26)18(29)30-3;1-4-6-9-25-14-15(22-18(25)24-10-7-19-8-11-24)21-17(23(3)16(14)27)20-12-13(26)28-5-2;1-4-5-8-24-13-14(20-17(24)23-9-6-18-7-10-23)19-16(22(3)15(13)27)21(2)11-12(25)26;1-3-4-7-23-12-13(20-16(23)22-8-5-17-6-9-22)19-15(18-10-11(24)25)21(2)14(12)26;4*3-2(4,5)1(6)7/h14,21H,6-13H2,1-3H3;19H,5,7-12H2,1-3H3,(H,20,21);18H,6-11H2,1-3H3,(H,25,26);17H,5-10H2,1-2H3,(H,18,19)(H,24,25);4*(H,6,7)/t14-;;;;;;;/m0......./s1. The molecule has 13 heterocycles. The molecule has 12 N–H and O–H groups in total. The Morgan fingerprint density at radius 2 is 0.698 bits per heavy atom. The van der Waals surface area contributed by atoms with Crippen LogP contribution in [0, 0.1) is 47.4 Å². The maximum atomic E-state index is 13.4. The summed E-state index contributed by atoms with van der Waals surface area (Å²) < 4.78 is 150. The van der Waals surface area contributed by atoms with Gasteiger partial charge >= 0.3 is 72.5 Å². The lowest BCUT2D eigenvalue weighted by Crippen LogP contribution is -2.44. The molecule has 48 nitrogen and oxygen atoms in total. The van der Waals surface area contributed by atoms with Crippen LogP contribution in [0.2, 0.25) is 0 Å². The molecule has 0 radical (unpaired) electrons. The van der Waals surface area contributed by atoms with Crippen LogP contribution in [0.15, 0.2) is 19.2 Å². The molecule has 5 aliphatic heterocycles. The molecule has 0 saturated carbocycles. The summed E-state index contributed by atoms with van der Waals surface area (Å²) in [4.78, 5) is 182. The molecule has 5 aliphatic rings. The molecular formula is C79H100F12N28O20. The van der Waals surface area contributed by atoms with Crippen LogP contribution in [0.1, 0.15) is 47.5 Å². The molecule has 13 rings (SSSR count). The van der Waals surface area contributed by atoms with Gasteiger partial charge in [-0.15, -0.1) is 23.7 Å². The first-order valence-electron chi connectivity index (χ1n) is 41.5. The third-order valence-electron chi connectivity index (χ3n) is 19.8. The van der Waals surface area contributed by atoms with Crippen LogP contribution >= 0.6 is 0 Å². The van der Waals surface area contributed by atoms with Gasteiger partial charge in [-0.1, -0.05) is 23.7 Å². The number of fused-ring (bicyclic) bond motifs is 4. The average molecular weight is 1990 g/mol. The number of aromatic nitrogens is 16. The molecule has 5 saturated heterocycles. The smallest absolute Gasteiger partial charge is 0.480 e. The second-order valence-corrected chi connectivity index (χ2v) is 29.2. The molecule has 60 heteroatoms. The second-order valence-electron chi connectivity index (χ2n) is 29.2. The van der Waals surface area contributed by atoms with Crippen LogP contribution in [-0.4, -0.2) is 337 Å². The van der Waals surface area contributed by atoms with Crippen molar-refractivity contribution >= 4 is 140 Å². The number of hydrogen-bond acceptors (Lipinski definition) is 34. The first-order valence-corrected chi connectivity index (χ1v) is 41.5. The van der Waals surface area contributed by atoms with E-state index in [0.29, 0.717) is 115 Å². The zero-order valence-electron chi connectivity index (χ0n) is 76.4. The number of alkyl halides is 12. The van der Waals surface area contributed by atoms with Gasteiger partial charge in [-0.3, -0.25) is 70.1 Å². The number of carbonyl (C=O) groups is 8. The molecule has 139 heavy (non-hydrogen) atoms. The molecule has 8 aromatic rings. The molecule has 0 unspecified atom stereocenters. The number of nitrogens with zero attached hydrogens (tertiary/aromatic N) is 22. The topological polar surface area (TPSA) is 579 Å². The van der Waals surface area contributed by atoms with Gasteiger partial charge < -0.3 is 101 Å². The fourth-order valence-electron chi connectivity index (χ4n) is 13.3. The highest BCUT2D eigenvalue weighted by molar-refractivity contribution is 5.84. The lowest BCUT2D eigenvalue weighted by Gasteiger charge is -2.28. The number of halogens is 12. The maximum Gasteiger partial charge on any atom is 0.490 e. The number of piperazine rings is 4. The van der Waals surface area contributed by atoms with E-state index in [0.717, 1.165) is 111 Å². The van der Waals surface area contributed by atoms with Crippen LogP contribution in [0.4, 0.5) is 100 Å². The van der Waals surface area contributed by atoms with Gasteiger partial charge in [0.15, 0.2) is 44.7 Å². The van der Waals surface area contributed by atoms with Crippen molar-refractivity contribution in [3.8, 4) is 47.4 Å². The van der Waals surface area contributed by atoms with Crippen molar-refractivity contribution in [3.63, 3.8) is 0 Å². The molecule has 0 spiro atoms. The Kier molecular flexibility index (Phi) is 41.4. The summed E-state index contributed by atoms with van der Waals surface area (Å²) in [5, 5.41) is 65.1. The summed E-state index contributed by atoms with van der Waals surface area (Å²) in [6.07, 6.45) is -18.8. The van der Waals surface area contributed by atoms with Crippen molar-refractivity contribution in [1.29, 1.82) is 0 Å². The van der Waals surface area contributed by atoms with Gasteiger partial charge in [0, 0.05) is 146 Å². The number of imidazole rings is 4. The molecule has 0 bridgehead atoms. The first kappa shape index (κ1) is 113. The summed E-state index contributed by atoms with van der Waals surface area (Å²) in [7, 11) is 9.38. The van der Waals surface area contributed by atoms with Crippen molar-refractivity contribution in [2.45, 2.75) is 104 Å². The third kappa shape index (κ3) is 30.6. The van der Waals surface area contributed by atoms with Crippen molar-refractivity contribution < 1.29 is 131 Å². The summed E-state index contributed by atoms with van der Waals surface area (Å²) in [5.41, 5.74) is 1.87. The normalized spacial score (nSPS) is 14.6. The number of nitrogens with one attached hydrogen (secondary N) is 6. The van der Waals surface area contributed by atoms with E-state index in [1.54, 1.807) is 79.0 Å². The predicted octanol–water partition coefficient (Wildman–Crippen LogP) is -0.0811. The summed E-state index contributed by atoms with van der Waals surface area (Å²) in [6, 6.07) is -0.439. The highest BCUT2D eigenvalue weighted by Crippen LogP contribution is 2.30. The van der Waals surface area contributed by atoms with Crippen LogP contribution in [0.5, 0.6) is 0 Å². The van der Waals surface area contributed by atoms with E-state index >= 15 is 0 Å². The largest absolute Gasteiger partial charge is 0.490 e. The highest BCUT2D eigenvalue weighted by atomic mass is 19.4. The van der Waals surface area contributed by atoms with Crippen molar-refractivity contribution in [2.75, 3.05) is 192 Å². The lowest BCUT2D eigenvalue weighted by atomic mass is 10.2. The van der Waals surface area contributed by atoms with E-state index in [1.807, 2.05) is 14.0 Å². The minimum absolute atomic E-state index is 0.0771. The van der Waals surface area contributed by atoms with Gasteiger partial charge in [0.25, 0.3) is 22.2 Å². The lowest BCUT2D eigenvalue weighted by molar-refractivity contribution is -0.193. The van der Waals surface area contributed by atoms with Gasteiger partial charge in [-0.25, -0.2) is 24.0 Å². The number of esters is 2. The van der Waals surface area contributed by atoms with Crippen LogP contribution in [0.3, 0.4) is 0 Å². The Balaban J connectivity index is 0.000000260. The summed E-state index contributed by atoms with van der Waals surface area (Å²) in [5.74, 6) is 13.6. The molecule has 1 atom stereocenters. The second kappa shape index (κ2) is 51.1. The molecule has 5 fully saturated rings. The van der Waals surface area contributed by atoms with Gasteiger partial charge in [0.1, 0.15) is 25.7 Å². The number of carboxylic acids is 6. The maximum absolute atomic E-state index is 13.4. The van der Waals surface area contributed by atoms with Gasteiger partial charge in [0.05, 0.1) is 39.9 Å². The zero-order valence-corrected chi connectivity index (χ0v) is 76.4. The van der Waals surface area contributed by atoms with Crippen LogP contribution in [-0.2, 0) is 102 Å². The Morgan fingerprint density at radius 3 is 0.978 bits per heavy atom. The average Bonchev–Trinajstić information content (AvgIpc) is 1.60. The van der Waals surface area contributed by atoms with E-state index in [-0.39, 0.29) is 71.3 Å². The van der Waals surface area contributed by atoms with Crippen LogP contribution < -0.4 is 83.5 Å². The van der Waals surface area contributed by atoms with E-state index in [2.05, 4.69) is 129 Å². The Morgan fingerprint density at radius 1 is 0.417 bits per heavy atom. The Bertz CT molecular complexity index is 6150. The summed E-state index contributed by atoms with van der Waals surface area (Å²) in [6.45, 7) is 23.4. The third-order valence-corrected chi connectivity index (χ3v) is 19.8. The molecule has 760 valence electrons. The van der Waals surface area contributed by atoms with Crippen molar-refractivity contribution in [2.24, 2.45) is 28.2 Å². The molecule has 0 amide bonds. The monoisotopic (exact) mass is 1990 g/mol. The number of anilines is 8. The number of carbonyl (C=O) groups excluding carboxylic acids is 2. The minimum Gasteiger partial charge on any atom is -0.480 e. The Labute approximate surface area is 779 Å². The number of aliphatic carboxylic acids is 6. The Hall–Kier alpha value is -15.2. The quantitative estimate of drug-likeness (QED) is 0.0270. The molecular weight excluding hydrogens is 1890 g/mol. The van der Waals surface area contributed by atoms with Crippen molar-refractivity contribution in [1.82, 2.24) is 97.7 Å². The number of likely N-dealkylation sites (N-methyl/N-ethyl adjacent to an activating group) is 1. The van der Waals surface area contributed by atoms with E-state index in [1.165, 1.54) is 30.3 Å². The number of hydrogen-bond donors (Lipinski definition) is 12. The number of methoxy groups -OCH3 is 1. The van der Waals surface area contributed by atoms with E-state index in [9.17, 15) is 91.0 Å². The molecule has 0 aromatic carbocycles. The van der Waals surface area contributed by atoms with Gasteiger partial charge in [-0.2, -0.15) is 92.6 Å². The fourth-order valence-corrected chi connectivity index (χ4v) is 13.3. The predicted molar refractivity (Wildman–Crippen MR) is 475 cm³/mol. The van der Waals surface area contributed by atoms with Crippen LogP contribution in [0.25, 0.3) is 44.7 Å². The number of rotatable bonds is 20. The summed E-state index contributed by atoms with van der Waals surface area (Å²) >= 11 is 0. The SMILES string of the molecule is CC#CCn1c(N2CCNCC2)nc2nc(N(C)CC(=O)O)n(C)c(=O)c21.CC#CCn1c(N2CCNCC2)nc2nc(N3CCC[C@H]3C(=O)OC)n(C)c(=O)c21.CC#CCn1c(N2CCNCC2)nc2nc(NCC(=O)O)n(C)c(=O)c21.CC#CCn1c(N2CCNCC2)nc2nc(NCC(=O)OCC)n(C)c(=O)c21.O=C(O)C(F)(F)F.O=C(O)C(F)(F)F.O=C(O)C(F)(F)F.O=C(O)C(F)(F)F. The fraction of sp³-hybridized carbons (Fsp3) is 0.544. The zero-order chi connectivity index (χ0) is 104. The number of carboxylic acid groups (broad SMARTS) is 6. The number of ether oxygens (including phenoxy) is 2. The minimum atomic E-state index is -5.08. The first-order chi connectivity index (χ1) is 65.4. The van der Waals surface area contributed by atoms with Gasteiger partial charge in [-0.05, 0) is 47.5 Å². The van der Waals surface area contributed by atoms with E-state index in [4.69, 9.17) is 69.3 Å². The molecule has 0 aliphatic carbocycles. The van der Waals surface area contributed by atoms with E-state index < -0.39 is 72.5 Å². The van der Waals surface area contributed by atoms with Gasteiger partial charge in [0.2, 0.25) is 47.6 Å². The van der Waals surface area contributed by atoms with Crippen molar-refractivity contribution in [3.05, 3.63) is 41.4 Å². The highest BCUT2D eigenvalue weighted by Gasteiger charge is 2.42. The molecule has 8 aromatic heterocycles.